The van der Waals surface area contributed by atoms with E-state index in [4.69, 9.17) is 4.74 Å². The van der Waals surface area contributed by atoms with Gasteiger partial charge in [0.1, 0.15) is 12.4 Å². The van der Waals surface area contributed by atoms with E-state index >= 15 is 0 Å². The average Bonchev–Trinajstić information content (AvgIpc) is 2.57. The van der Waals surface area contributed by atoms with Crippen molar-refractivity contribution in [2.45, 2.75) is 13.3 Å². The summed E-state index contributed by atoms with van der Waals surface area (Å²) >= 11 is 0. The number of nitrogens with one attached hydrogen (secondary N) is 2. The number of aryl methyl sites for hydroxylation is 1. The summed E-state index contributed by atoms with van der Waals surface area (Å²) in [5.41, 5.74) is 0.856. The molecule has 2 rings (SSSR count). The summed E-state index contributed by atoms with van der Waals surface area (Å²) in [6, 6.07) is 0. The van der Waals surface area contributed by atoms with Gasteiger partial charge >= 0.3 is 0 Å². The van der Waals surface area contributed by atoms with Gasteiger partial charge in [-0.15, -0.1) is 0 Å². The maximum Gasteiger partial charge on any atom is 0.251 e. The van der Waals surface area contributed by atoms with Crippen molar-refractivity contribution in [2.75, 3.05) is 24.4 Å². The lowest BCUT2D eigenvalue weighted by Crippen LogP contribution is -2.29. The first-order valence-electron chi connectivity index (χ1n) is 5.68. The second-order valence-electron chi connectivity index (χ2n) is 4.37. The summed E-state index contributed by atoms with van der Waals surface area (Å²) in [5.74, 6) is 0.718. The highest BCUT2D eigenvalue weighted by molar-refractivity contribution is 5.98. The number of amides is 2. The van der Waals surface area contributed by atoms with Gasteiger partial charge in [-0.2, -0.15) is 5.10 Å². The molecule has 2 N–H and O–H groups in total. The largest absolute Gasteiger partial charge is 0.375 e. The minimum atomic E-state index is -0.261. The van der Waals surface area contributed by atoms with Gasteiger partial charge in [0.2, 0.25) is 5.91 Å². The molecule has 0 unspecified atom stereocenters. The molecule has 98 valence electrons. The molecule has 0 aromatic carbocycles. The number of hydrogen-bond acceptors (Lipinski definition) is 4. The van der Waals surface area contributed by atoms with Crippen molar-refractivity contribution < 1.29 is 14.3 Å². The highest BCUT2D eigenvalue weighted by Crippen LogP contribution is 2.30. The van der Waals surface area contributed by atoms with Crippen LogP contribution in [0.4, 0.5) is 11.6 Å². The highest BCUT2D eigenvalue weighted by atomic mass is 16.5. The lowest BCUT2D eigenvalue weighted by atomic mass is 9.98. The number of aromatic nitrogens is 2. The Bertz CT molecular complexity index is 495. The summed E-state index contributed by atoms with van der Waals surface area (Å²) in [6.07, 6.45) is 0.567. The fourth-order valence-corrected chi connectivity index (χ4v) is 1.96. The lowest BCUT2D eigenvalue weighted by Gasteiger charge is -2.19. The Balaban J connectivity index is 2.26. The van der Waals surface area contributed by atoms with Crippen LogP contribution in [-0.2, 0) is 27.8 Å². The summed E-state index contributed by atoms with van der Waals surface area (Å²) in [5, 5.41) is 9.66. The van der Waals surface area contributed by atoms with Crippen molar-refractivity contribution in [3.63, 3.8) is 0 Å². The standard InChI is InChI=1S/C11H16N4O3/c1-6-4-7-9(12-8(16)5-18-3)14-15(2)10(7)13-11(6)17/h6H,4-5H2,1-3H3,(H,13,17)(H,12,14,16)/t6-/m0/s1. The first-order chi connectivity index (χ1) is 8.52. The number of carbonyl (C=O) groups is 2. The van der Waals surface area contributed by atoms with Crippen molar-refractivity contribution in [1.82, 2.24) is 9.78 Å². The van der Waals surface area contributed by atoms with Crippen LogP contribution >= 0.6 is 0 Å². The average molecular weight is 252 g/mol. The molecule has 2 amide bonds. The fraction of sp³-hybridized carbons (Fsp3) is 0.545. The molecule has 1 aromatic heterocycles. The molecule has 0 spiro atoms. The van der Waals surface area contributed by atoms with E-state index in [0.29, 0.717) is 18.1 Å². The molecule has 0 bridgehead atoms. The van der Waals surface area contributed by atoms with Crippen molar-refractivity contribution >= 4 is 23.5 Å². The van der Waals surface area contributed by atoms with Gasteiger partial charge in [-0.05, 0) is 6.42 Å². The van der Waals surface area contributed by atoms with Crippen LogP contribution in [-0.4, -0.2) is 35.3 Å². The molecule has 1 atom stereocenters. The van der Waals surface area contributed by atoms with Gasteiger partial charge in [0.25, 0.3) is 5.91 Å². The molecule has 0 aliphatic carbocycles. The highest BCUT2D eigenvalue weighted by Gasteiger charge is 2.28. The number of fused-ring (bicyclic) bond motifs is 1. The molecule has 18 heavy (non-hydrogen) atoms. The van der Waals surface area contributed by atoms with Gasteiger partial charge in [-0.3, -0.25) is 14.3 Å². The van der Waals surface area contributed by atoms with Crippen molar-refractivity contribution in [2.24, 2.45) is 13.0 Å². The first kappa shape index (κ1) is 12.6. The van der Waals surface area contributed by atoms with E-state index in [1.54, 1.807) is 11.7 Å². The Morgan fingerprint density at radius 3 is 3.06 bits per heavy atom. The van der Waals surface area contributed by atoms with Crippen molar-refractivity contribution in [3.8, 4) is 0 Å². The topological polar surface area (TPSA) is 85.2 Å². The number of hydrogen-bond donors (Lipinski definition) is 2. The SMILES string of the molecule is COCC(=O)Nc1nn(C)c2c1C[C@H](C)C(=O)N2. The van der Waals surface area contributed by atoms with Crippen LogP contribution in [0.2, 0.25) is 0 Å². The third-order valence-electron chi connectivity index (χ3n) is 2.88. The number of anilines is 2. The van der Waals surface area contributed by atoms with E-state index in [2.05, 4.69) is 15.7 Å². The lowest BCUT2D eigenvalue weighted by molar-refractivity contribution is -0.120. The Morgan fingerprint density at radius 2 is 2.39 bits per heavy atom. The number of carbonyl (C=O) groups excluding carboxylic acids is 2. The van der Waals surface area contributed by atoms with Crippen LogP contribution in [0, 0.1) is 5.92 Å². The van der Waals surface area contributed by atoms with Crippen LogP contribution in [0.1, 0.15) is 12.5 Å². The van der Waals surface area contributed by atoms with E-state index in [1.807, 2.05) is 6.92 Å². The summed E-state index contributed by atoms with van der Waals surface area (Å²) < 4.78 is 6.31. The van der Waals surface area contributed by atoms with Crippen LogP contribution in [0.3, 0.4) is 0 Å². The summed E-state index contributed by atoms with van der Waals surface area (Å²) in [6.45, 7) is 1.82. The second-order valence-corrected chi connectivity index (χ2v) is 4.37. The van der Waals surface area contributed by atoms with Crippen LogP contribution in [0.15, 0.2) is 0 Å². The van der Waals surface area contributed by atoms with Crippen molar-refractivity contribution in [3.05, 3.63) is 5.56 Å². The predicted octanol–water partition coefficient (Wildman–Crippen LogP) is 0.136. The molecule has 1 aliphatic rings. The Kier molecular flexibility index (Phi) is 3.33. The zero-order valence-electron chi connectivity index (χ0n) is 10.6. The molecular weight excluding hydrogens is 236 g/mol. The minimum Gasteiger partial charge on any atom is -0.375 e. The quantitative estimate of drug-likeness (QED) is 0.801. The van der Waals surface area contributed by atoms with Crippen LogP contribution in [0.25, 0.3) is 0 Å². The van der Waals surface area contributed by atoms with E-state index in [9.17, 15) is 9.59 Å². The normalized spacial score (nSPS) is 18.2. The van der Waals surface area contributed by atoms with Gasteiger partial charge in [0, 0.05) is 25.6 Å². The smallest absolute Gasteiger partial charge is 0.251 e. The molecular formula is C11H16N4O3. The minimum absolute atomic E-state index is 0.0206. The molecule has 7 nitrogen and oxygen atoms in total. The molecule has 2 heterocycles. The monoisotopic (exact) mass is 252 g/mol. The second kappa shape index (κ2) is 4.77. The molecule has 1 aliphatic heterocycles. The predicted molar refractivity (Wildman–Crippen MR) is 65.2 cm³/mol. The molecule has 0 radical (unpaired) electrons. The molecule has 0 fully saturated rings. The van der Waals surface area contributed by atoms with Gasteiger partial charge in [0.15, 0.2) is 5.82 Å². The number of ether oxygens (including phenoxy) is 1. The van der Waals surface area contributed by atoms with Gasteiger partial charge in [-0.1, -0.05) is 6.92 Å². The third-order valence-corrected chi connectivity index (χ3v) is 2.88. The molecule has 0 saturated carbocycles. The summed E-state index contributed by atoms with van der Waals surface area (Å²) in [7, 11) is 3.18. The zero-order chi connectivity index (χ0) is 13.3. The maximum absolute atomic E-state index is 11.6. The van der Waals surface area contributed by atoms with E-state index in [1.165, 1.54) is 7.11 Å². The number of rotatable bonds is 3. The number of methoxy groups -OCH3 is 1. The molecule has 7 heteroatoms. The number of nitrogens with zero attached hydrogens (tertiary/aromatic N) is 2. The van der Waals surface area contributed by atoms with Gasteiger partial charge < -0.3 is 15.4 Å². The third kappa shape index (κ3) is 2.21. The maximum atomic E-state index is 11.6. The summed E-state index contributed by atoms with van der Waals surface area (Å²) in [4.78, 5) is 23.1. The molecule has 0 saturated heterocycles. The van der Waals surface area contributed by atoms with Gasteiger partial charge in [-0.25, -0.2) is 0 Å². The Morgan fingerprint density at radius 1 is 1.67 bits per heavy atom. The van der Waals surface area contributed by atoms with Gasteiger partial charge in [0.05, 0.1) is 0 Å². The molecule has 1 aromatic rings. The zero-order valence-corrected chi connectivity index (χ0v) is 10.6. The fourth-order valence-electron chi connectivity index (χ4n) is 1.96. The Labute approximate surface area is 104 Å². The van der Waals surface area contributed by atoms with E-state index in [-0.39, 0.29) is 24.3 Å². The van der Waals surface area contributed by atoms with Crippen LogP contribution < -0.4 is 10.6 Å². The van der Waals surface area contributed by atoms with E-state index in [0.717, 1.165) is 5.56 Å². The van der Waals surface area contributed by atoms with Crippen molar-refractivity contribution in [1.29, 1.82) is 0 Å². The van der Waals surface area contributed by atoms with Crippen LogP contribution in [0.5, 0.6) is 0 Å². The van der Waals surface area contributed by atoms with E-state index < -0.39 is 0 Å². The first-order valence-corrected chi connectivity index (χ1v) is 5.68. The Hall–Kier alpha value is -1.89.